The Bertz CT molecular complexity index is 6860. The second-order valence-corrected chi connectivity index (χ2v) is 40.3. The van der Waals surface area contributed by atoms with E-state index in [-0.39, 0.29) is 75.0 Å². The van der Waals surface area contributed by atoms with Crippen molar-refractivity contribution < 1.29 is 69.4 Å². The van der Waals surface area contributed by atoms with Crippen LogP contribution in [0, 0.1) is 89.1 Å². The summed E-state index contributed by atoms with van der Waals surface area (Å²) in [6, 6.07) is 90.1. The molecule has 0 unspecified atom stereocenters. The fourth-order valence-electron chi connectivity index (χ4n) is 11.6. The van der Waals surface area contributed by atoms with Crippen LogP contribution in [0.25, 0.3) is 83.2 Å². The molecule has 0 aliphatic rings. The third-order valence-corrected chi connectivity index (χ3v) is 25.4. The van der Waals surface area contributed by atoms with Crippen LogP contribution in [0.3, 0.4) is 0 Å². The Morgan fingerprint density at radius 3 is 0.963 bits per heavy atom. The number of nitro groups is 4. The van der Waals surface area contributed by atoms with Crippen molar-refractivity contribution in [1.29, 1.82) is 0 Å². The molecule has 2 radical (unpaired) electrons. The van der Waals surface area contributed by atoms with E-state index in [2.05, 4.69) is 138 Å². The first-order valence-corrected chi connectivity index (χ1v) is 52.9. The van der Waals surface area contributed by atoms with Crippen LogP contribution >= 0.6 is 132 Å². The first-order chi connectivity index (χ1) is 63.5. The Kier molecular flexibility index (Phi) is 42.7. The Morgan fingerprint density at radius 1 is 0.370 bits per heavy atom. The molecule has 0 saturated heterocycles. The molecule has 1 amide bonds. The number of aromatic nitrogens is 4. The Balaban J connectivity index is 0.000000190. The van der Waals surface area contributed by atoms with E-state index in [0.29, 0.717) is 16.2 Å². The molecule has 0 fully saturated rings. The van der Waals surface area contributed by atoms with Crippen molar-refractivity contribution in [2.45, 2.75) is 41.5 Å². The predicted octanol–water partition coefficient (Wildman–Crippen LogP) is 24.6. The monoisotopic (exact) mass is 2290 g/mol. The number of nitro benzene ring substituents is 4. The van der Waals surface area contributed by atoms with Gasteiger partial charge in [0.05, 0.1) is 60.6 Å². The summed E-state index contributed by atoms with van der Waals surface area (Å²) >= 11 is 20.6. The van der Waals surface area contributed by atoms with Gasteiger partial charge in [-0.05, 0) is 315 Å². The standard InChI is InChI=1S/C14H11IN2S.C14H12N2O3.C14H10N2O2S.C14H12N2O2S.C14H12N2S.C13H9IN2OS.C7H4ClNO3.C7H9N.2ClH.Na.H2O.Sn/c1-8-2-5-12-13(6-8)18-14(17-12)9-3-4-11(16)10(15)7-9;1-10-2-6-12(7-3-10)15-14(17)11-4-8-13(9-5-11)16(18)19;1-9-2-7-12-13(8-9)19-14(15-12)10-3-5-11(6-4-10)16(17)18;1-10-2-6-12(7-3-10)15-14(19)11-4-8-13(9-5-11)16(17)18;1-9-2-7-12-13(8-9)17-14(16-12)10-3-5-11(15)6-4-10;14-9-5-7(1-3-10(9)15)13-16-11-4-2-8(17)6-12(11)18-13;8-7(10)5-1-3-6(4-2-5)9(11)12;1-6-2-4-7(8)5-3-6;;;;;/h2-7H,16H2,1H3;2-9H,1H3,(H,15,17);2-8H,1H3;2-9H,1H3,(H,15,19);2-8H,15H2,1H3;1-6,17H,15H2;1-4H;2-5H,8H2,1H3;2*1H;;1H2;/q;;;;;;;;;;+1;;+2/p-3. The van der Waals surface area contributed by atoms with Crippen molar-refractivity contribution in [1.82, 2.24) is 19.9 Å². The third-order valence-electron chi connectivity index (χ3n) is 18.7. The molecule has 4 aromatic heterocycles. The molecular formula is C97H80Cl3I2N14NaO12S5Sn. The second kappa shape index (κ2) is 53.0. The summed E-state index contributed by atoms with van der Waals surface area (Å²) in [5, 5.41) is 60.4. The second-order valence-electron chi connectivity index (χ2n) is 28.8. The Labute approximate surface area is 868 Å². The quantitative estimate of drug-likeness (QED) is 0.0107. The molecule has 38 heteroatoms. The molecule has 18 aromatic rings. The maximum atomic E-state index is 11.9. The van der Waals surface area contributed by atoms with E-state index in [0.717, 1.165) is 120 Å². The SMILES string of the molecule is Cc1ccc(N)cc1.Cc1ccc(NC(=O)c2ccc([N+](=O)[O-])cc2)cc1.Cc1ccc(NC(=S)c2ccc([N+](=O)[O-])cc2)cc1.Cc1ccc2nc(-c3ccc(N)c(I)c3)sc2c1.Cc1ccc2nc(-c3ccc(N)cc3)sc2c1.Cc1ccc2nc(-c3ccc([N+](=O)[O-])cc3)sc2c1.Nc1ccc(-c2nc3ccc(O)cc3s2)cc1I.O=C(Cl)c1ccc([N+](=O)[O-])cc1.[Cl][Sn][Cl].[Na+].[OH-]. The minimum Gasteiger partial charge on any atom is -0.870 e. The van der Waals surface area contributed by atoms with Crippen LogP contribution in [0.5, 0.6) is 5.75 Å². The van der Waals surface area contributed by atoms with Gasteiger partial charge in [-0.1, -0.05) is 83.5 Å². The normalized spacial score (nSPS) is 10.1. The van der Waals surface area contributed by atoms with E-state index in [1.807, 2.05) is 161 Å². The fraction of sp³-hybridized carbons (Fsp3) is 0.0619. The summed E-state index contributed by atoms with van der Waals surface area (Å²) in [5.41, 5.74) is 44.5. The number of hydrogen-bond acceptors (Lipinski definition) is 25. The van der Waals surface area contributed by atoms with Crippen LogP contribution in [0.1, 0.15) is 59.7 Å². The van der Waals surface area contributed by atoms with E-state index in [4.69, 9.17) is 64.6 Å². The summed E-state index contributed by atoms with van der Waals surface area (Å²) in [6.07, 6.45) is 0. The number of benzene rings is 14. The Morgan fingerprint density at radius 2 is 0.637 bits per heavy atom. The van der Waals surface area contributed by atoms with Crippen LogP contribution in [0.15, 0.2) is 303 Å². The van der Waals surface area contributed by atoms with Gasteiger partial charge in [0.15, 0.2) is 0 Å². The largest absolute Gasteiger partial charge is 1.00 e. The number of rotatable bonds is 13. The van der Waals surface area contributed by atoms with Crippen molar-refractivity contribution in [2.75, 3.05) is 33.6 Å². The zero-order valence-electron chi connectivity index (χ0n) is 72.7. The van der Waals surface area contributed by atoms with Gasteiger partial charge in [0.2, 0.25) is 0 Å². The minimum absolute atomic E-state index is 0. The number of non-ortho nitro benzene ring substituents is 4. The van der Waals surface area contributed by atoms with Gasteiger partial charge in [0, 0.05) is 129 Å². The summed E-state index contributed by atoms with van der Waals surface area (Å²) in [5.74, 6) is -0.0247. The number of hydrogen-bond donors (Lipinski definition) is 7. The molecule has 4 heterocycles. The number of nitrogen functional groups attached to an aromatic ring is 4. The third kappa shape index (κ3) is 33.4. The Hall–Kier alpha value is -11.6. The van der Waals surface area contributed by atoms with Crippen LogP contribution in [-0.4, -0.2) is 85.2 Å². The first kappa shape index (κ1) is 109. The van der Waals surface area contributed by atoms with E-state index in [1.54, 1.807) is 93.9 Å². The zero-order valence-corrected chi connectivity index (χ0v) is 88.2. The summed E-state index contributed by atoms with van der Waals surface area (Å²) in [6.45, 7) is 12.3. The topological polar surface area (TPSA) is 437 Å². The van der Waals surface area contributed by atoms with Crippen LogP contribution < -0.4 is 63.1 Å². The smallest absolute Gasteiger partial charge is 0.870 e. The number of carbonyl (C=O) groups is 2. The number of thiocarbonyl (C=S) groups is 1. The molecule has 0 saturated carbocycles. The van der Waals surface area contributed by atoms with E-state index >= 15 is 0 Å². The van der Waals surface area contributed by atoms with Gasteiger partial charge in [-0.15, -0.1) is 45.3 Å². The van der Waals surface area contributed by atoms with E-state index in [9.17, 15) is 55.2 Å². The molecule has 12 N–H and O–H groups in total. The van der Waals surface area contributed by atoms with Gasteiger partial charge >= 0.3 is 66.3 Å². The van der Waals surface area contributed by atoms with Gasteiger partial charge in [-0.25, -0.2) is 19.9 Å². The number of fused-ring (bicyclic) bond motifs is 4. The molecule has 0 spiro atoms. The molecule has 0 atom stereocenters. The zero-order chi connectivity index (χ0) is 96.1. The number of nitrogens with two attached hydrogens (primary N) is 4. The number of nitrogens with one attached hydrogen (secondary N) is 2. The molecule has 0 aliphatic heterocycles. The van der Waals surface area contributed by atoms with E-state index in [1.165, 1.54) is 110 Å². The van der Waals surface area contributed by atoms with Crippen molar-refractivity contribution in [2.24, 2.45) is 0 Å². The number of thiazole rings is 4. The van der Waals surface area contributed by atoms with Gasteiger partial charge in [-0.3, -0.25) is 50.0 Å². The molecule has 0 aliphatic carbocycles. The van der Waals surface area contributed by atoms with Gasteiger partial charge in [0.1, 0.15) is 30.8 Å². The minimum atomic E-state index is -0.826. The number of carbonyl (C=O) groups excluding carboxylic acids is 2. The van der Waals surface area contributed by atoms with Crippen LogP contribution in [-0.2, 0) is 0 Å². The van der Waals surface area contributed by atoms with Gasteiger partial charge < -0.3 is 44.2 Å². The number of amides is 1. The van der Waals surface area contributed by atoms with Crippen molar-refractivity contribution in [3.63, 3.8) is 0 Å². The predicted molar refractivity (Wildman–Crippen MR) is 572 cm³/mol. The number of phenolic OH excluding ortho intramolecular Hbond substituents is 1. The maximum absolute atomic E-state index is 11.9. The average Bonchev–Trinajstić information content (AvgIpc) is 1.68. The number of phenols is 1. The number of halogens is 5. The molecule has 135 heavy (non-hydrogen) atoms. The first-order valence-electron chi connectivity index (χ1n) is 39.5. The van der Waals surface area contributed by atoms with E-state index < -0.39 is 43.8 Å². The number of anilines is 6. The molecular weight excluding hydrogens is 2220 g/mol. The van der Waals surface area contributed by atoms with Gasteiger partial charge in [-0.2, -0.15) is 0 Å². The van der Waals surface area contributed by atoms with Gasteiger partial charge in [0.25, 0.3) is 33.9 Å². The molecule has 680 valence electrons. The van der Waals surface area contributed by atoms with Crippen LogP contribution in [0.4, 0.5) is 56.9 Å². The molecule has 14 aromatic carbocycles. The fourth-order valence-corrected chi connectivity index (χ4v) is 17.2. The number of nitrogens with zero attached hydrogens (tertiary/aromatic N) is 8. The maximum Gasteiger partial charge on any atom is 1.00 e. The summed E-state index contributed by atoms with van der Waals surface area (Å²) < 4.78 is 6.67. The van der Waals surface area contributed by atoms with Crippen LogP contribution in [0.2, 0.25) is 0 Å². The van der Waals surface area contributed by atoms with Crippen molar-refractivity contribution in [3.05, 3.63) is 401 Å². The molecule has 26 nitrogen and oxygen atoms in total. The molecule has 0 bridgehead atoms. The average molecular weight is 2300 g/mol. The molecule has 18 rings (SSSR count). The summed E-state index contributed by atoms with van der Waals surface area (Å²) in [7, 11) is 9.87. The van der Waals surface area contributed by atoms with Crippen molar-refractivity contribution in [3.8, 4) is 48.0 Å². The summed E-state index contributed by atoms with van der Waals surface area (Å²) in [4.78, 5) is 81.4. The number of aromatic hydroxyl groups is 1. The van der Waals surface area contributed by atoms with Crippen molar-refractivity contribution >= 4 is 265 Å². The number of aryl methyl sites for hydroxylation is 6.